The Labute approximate surface area is 82.5 Å². The molecule has 2 aromatic rings. The lowest BCUT2D eigenvalue weighted by Gasteiger charge is -1.97. The quantitative estimate of drug-likeness (QED) is 0.611. The Hall–Kier alpha value is -1.77. The van der Waals surface area contributed by atoms with E-state index in [1.807, 2.05) is 0 Å². The van der Waals surface area contributed by atoms with Crippen LogP contribution in [0.25, 0.3) is 0 Å². The summed E-state index contributed by atoms with van der Waals surface area (Å²) >= 11 is 4.89. The highest BCUT2D eigenvalue weighted by molar-refractivity contribution is 7.71. The van der Waals surface area contributed by atoms with Gasteiger partial charge < -0.3 is 0 Å². The molecule has 0 saturated carbocycles. The van der Waals surface area contributed by atoms with E-state index in [2.05, 4.69) is 25.7 Å². The summed E-state index contributed by atoms with van der Waals surface area (Å²) in [7, 11) is 1.69. The lowest BCUT2D eigenvalue weighted by atomic mass is 10.6. The summed E-state index contributed by atoms with van der Waals surface area (Å²) in [5.41, 5.74) is -0.307. The molecule has 2 heterocycles. The number of hydrogen-bond acceptors (Lipinski definition) is 5. The molecule has 0 atom stereocenters. The second-order valence-electron chi connectivity index (χ2n) is 2.67. The first-order chi connectivity index (χ1) is 6.68. The van der Waals surface area contributed by atoms with E-state index in [-0.39, 0.29) is 12.2 Å². The fraction of sp³-hybridized carbons (Fsp3) is 0.400. The largest absolute Gasteiger partial charge is 0.342 e. The Bertz CT molecular complexity index is 517. The van der Waals surface area contributed by atoms with Gasteiger partial charge >= 0.3 is 5.69 Å². The summed E-state index contributed by atoms with van der Waals surface area (Å²) in [6.45, 7) is 0.251. The number of aromatic amines is 2. The summed E-state index contributed by atoms with van der Waals surface area (Å²) in [6, 6.07) is 0. The Balaban J connectivity index is 2.41. The molecule has 0 aliphatic heterocycles. The molecule has 0 unspecified atom stereocenters. The van der Waals surface area contributed by atoms with Crippen molar-refractivity contribution in [3.8, 4) is 0 Å². The molecule has 0 amide bonds. The molecule has 9 heteroatoms. The summed E-state index contributed by atoms with van der Waals surface area (Å²) in [4.78, 5) is 11.2. The van der Waals surface area contributed by atoms with Crippen molar-refractivity contribution in [1.29, 1.82) is 0 Å². The third kappa shape index (κ3) is 1.37. The van der Waals surface area contributed by atoms with Crippen molar-refractivity contribution in [2.24, 2.45) is 7.05 Å². The lowest BCUT2D eigenvalue weighted by molar-refractivity contribution is 0.632. The van der Waals surface area contributed by atoms with Crippen molar-refractivity contribution >= 4 is 12.2 Å². The van der Waals surface area contributed by atoms with Gasteiger partial charge in [-0.05, 0) is 22.6 Å². The number of rotatable bonds is 2. The maximum atomic E-state index is 11.2. The minimum Gasteiger partial charge on any atom is -0.272 e. The van der Waals surface area contributed by atoms with E-state index < -0.39 is 0 Å². The fourth-order valence-electron chi connectivity index (χ4n) is 1.00. The standard InChI is InChI=1S/C5H7N7OS/c1-11-3(6-9-10-11)2-12-4(13)7-8-5(12)14/h2H2,1H3,(H,7,13)(H,8,14). The molecule has 0 aromatic carbocycles. The second-order valence-corrected chi connectivity index (χ2v) is 3.05. The second kappa shape index (κ2) is 3.18. The Morgan fingerprint density at radius 1 is 1.50 bits per heavy atom. The zero-order valence-corrected chi connectivity index (χ0v) is 8.08. The first-order valence-electron chi connectivity index (χ1n) is 3.77. The predicted molar refractivity (Wildman–Crippen MR) is 48.1 cm³/mol. The highest BCUT2D eigenvalue weighted by Gasteiger charge is 2.06. The molecule has 2 N–H and O–H groups in total. The maximum Gasteiger partial charge on any atom is 0.342 e. The molecule has 14 heavy (non-hydrogen) atoms. The maximum absolute atomic E-state index is 11.2. The number of tetrazole rings is 1. The Kier molecular flexibility index (Phi) is 2.00. The average Bonchev–Trinajstić information content (AvgIpc) is 2.67. The van der Waals surface area contributed by atoms with Crippen LogP contribution < -0.4 is 5.69 Å². The molecular formula is C5H7N7OS. The van der Waals surface area contributed by atoms with Gasteiger partial charge in [-0.15, -0.1) is 5.10 Å². The van der Waals surface area contributed by atoms with Crippen LogP contribution in [0.1, 0.15) is 5.82 Å². The zero-order valence-electron chi connectivity index (χ0n) is 7.26. The number of H-pyrrole nitrogens is 2. The average molecular weight is 213 g/mol. The van der Waals surface area contributed by atoms with Crippen LogP contribution in [0.5, 0.6) is 0 Å². The molecule has 8 nitrogen and oxygen atoms in total. The zero-order chi connectivity index (χ0) is 10.1. The number of hydrogen-bond donors (Lipinski definition) is 2. The lowest BCUT2D eigenvalue weighted by Crippen LogP contribution is -2.19. The van der Waals surface area contributed by atoms with Crippen LogP contribution in [0.15, 0.2) is 4.79 Å². The SMILES string of the molecule is Cn1nnnc1Cn1c(=O)[nH][nH]c1=S. The van der Waals surface area contributed by atoms with E-state index in [0.717, 1.165) is 0 Å². The highest BCUT2D eigenvalue weighted by Crippen LogP contribution is 1.92. The Morgan fingerprint density at radius 2 is 2.29 bits per heavy atom. The van der Waals surface area contributed by atoms with Gasteiger partial charge in [0.15, 0.2) is 10.6 Å². The molecule has 2 rings (SSSR count). The van der Waals surface area contributed by atoms with Gasteiger partial charge in [0.2, 0.25) is 0 Å². The third-order valence-electron chi connectivity index (χ3n) is 1.77. The first-order valence-corrected chi connectivity index (χ1v) is 4.18. The van der Waals surface area contributed by atoms with E-state index in [4.69, 9.17) is 12.2 Å². The van der Waals surface area contributed by atoms with Crippen LogP contribution in [-0.4, -0.2) is 35.0 Å². The van der Waals surface area contributed by atoms with Crippen molar-refractivity contribution in [3.63, 3.8) is 0 Å². The smallest absolute Gasteiger partial charge is 0.272 e. The van der Waals surface area contributed by atoms with Crippen LogP contribution in [0.3, 0.4) is 0 Å². The predicted octanol–water partition coefficient (Wildman–Crippen LogP) is -1.19. The molecule has 0 bridgehead atoms. The molecular weight excluding hydrogens is 206 g/mol. The van der Waals surface area contributed by atoms with Gasteiger partial charge in [-0.25, -0.2) is 14.6 Å². The van der Waals surface area contributed by atoms with Gasteiger partial charge in [-0.1, -0.05) is 0 Å². The monoisotopic (exact) mass is 213 g/mol. The van der Waals surface area contributed by atoms with Gasteiger partial charge in [-0.3, -0.25) is 9.67 Å². The van der Waals surface area contributed by atoms with Crippen LogP contribution in [0.2, 0.25) is 0 Å². The van der Waals surface area contributed by atoms with Crippen molar-refractivity contribution < 1.29 is 0 Å². The summed E-state index contributed by atoms with van der Waals surface area (Å²) in [6.07, 6.45) is 0. The molecule has 0 saturated heterocycles. The van der Waals surface area contributed by atoms with Crippen LogP contribution >= 0.6 is 12.2 Å². The Morgan fingerprint density at radius 3 is 2.79 bits per heavy atom. The van der Waals surface area contributed by atoms with Crippen LogP contribution in [0, 0.1) is 4.77 Å². The van der Waals surface area contributed by atoms with Crippen molar-refractivity contribution in [3.05, 3.63) is 21.1 Å². The summed E-state index contributed by atoms with van der Waals surface area (Å²) in [5.74, 6) is 0.561. The van der Waals surface area contributed by atoms with E-state index in [0.29, 0.717) is 10.6 Å². The summed E-state index contributed by atoms with van der Waals surface area (Å²) < 4.78 is 3.13. The minimum atomic E-state index is -0.307. The van der Waals surface area contributed by atoms with Crippen LogP contribution in [-0.2, 0) is 13.6 Å². The first kappa shape index (κ1) is 8.81. The van der Waals surface area contributed by atoms with Crippen LogP contribution in [0.4, 0.5) is 0 Å². The van der Waals surface area contributed by atoms with Gasteiger partial charge in [0.05, 0.1) is 6.54 Å². The molecule has 2 aromatic heterocycles. The van der Waals surface area contributed by atoms with E-state index in [9.17, 15) is 4.79 Å². The number of nitrogens with one attached hydrogen (secondary N) is 2. The van der Waals surface area contributed by atoms with Gasteiger partial charge in [-0.2, -0.15) is 0 Å². The number of nitrogens with zero attached hydrogens (tertiary/aromatic N) is 5. The normalized spacial score (nSPS) is 10.6. The third-order valence-corrected chi connectivity index (χ3v) is 2.10. The van der Waals surface area contributed by atoms with Crippen molar-refractivity contribution in [2.45, 2.75) is 6.54 Å². The number of aromatic nitrogens is 7. The molecule has 0 aliphatic rings. The molecule has 0 radical (unpaired) electrons. The van der Waals surface area contributed by atoms with Crippen molar-refractivity contribution in [2.75, 3.05) is 0 Å². The fourth-order valence-corrected chi connectivity index (χ4v) is 1.20. The van der Waals surface area contributed by atoms with Gasteiger partial charge in [0.1, 0.15) is 0 Å². The minimum absolute atomic E-state index is 0.251. The van der Waals surface area contributed by atoms with Crippen molar-refractivity contribution in [1.82, 2.24) is 35.0 Å². The van der Waals surface area contributed by atoms with Gasteiger partial charge in [0, 0.05) is 7.05 Å². The highest BCUT2D eigenvalue weighted by atomic mass is 32.1. The molecule has 0 spiro atoms. The van der Waals surface area contributed by atoms with Gasteiger partial charge in [0.25, 0.3) is 0 Å². The topological polar surface area (TPSA) is 97.2 Å². The summed E-state index contributed by atoms with van der Waals surface area (Å²) in [5, 5.41) is 15.7. The van der Waals surface area contributed by atoms with E-state index in [1.54, 1.807) is 7.05 Å². The van der Waals surface area contributed by atoms with E-state index >= 15 is 0 Å². The molecule has 0 aliphatic carbocycles. The molecule has 0 fully saturated rings. The molecule has 74 valence electrons. The van der Waals surface area contributed by atoms with E-state index in [1.165, 1.54) is 9.25 Å². The number of aryl methyl sites for hydroxylation is 1.